The summed E-state index contributed by atoms with van der Waals surface area (Å²) >= 11 is 0. The summed E-state index contributed by atoms with van der Waals surface area (Å²) in [5.74, 6) is 0.476. The smallest absolute Gasteiger partial charge is 0.198 e. The number of hydrogen-bond donors (Lipinski definition) is 0. The van der Waals surface area contributed by atoms with Crippen LogP contribution in [0.25, 0.3) is 11.4 Å². The Labute approximate surface area is 93.3 Å². The fraction of sp³-hybridized carbons (Fsp3) is 0.273. The van der Waals surface area contributed by atoms with E-state index in [0.717, 1.165) is 5.56 Å². The van der Waals surface area contributed by atoms with E-state index in [0.29, 0.717) is 12.4 Å². The van der Waals surface area contributed by atoms with E-state index in [1.807, 2.05) is 37.3 Å². The van der Waals surface area contributed by atoms with E-state index in [-0.39, 0.29) is 5.92 Å². The van der Waals surface area contributed by atoms with Gasteiger partial charge in [-0.15, -0.1) is 10.2 Å². The lowest BCUT2D eigenvalue weighted by molar-refractivity contribution is 0.463. The molecule has 0 fully saturated rings. The van der Waals surface area contributed by atoms with Crippen LogP contribution in [0.5, 0.6) is 0 Å². The van der Waals surface area contributed by atoms with Crippen LogP contribution in [-0.2, 0) is 6.54 Å². The first-order valence-corrected chi connectivity index (χ1v) is 5.02. The zero-order chi connectivity index (χ0) is 11.4. The summed E-state index contributed by atoms with van der Waals surface area (Å²) in [6.07, 6.45) is 0. The van der Waals surface area contributed by atoms with Gasteiger partial charge in [0.1, 0.15) is 0 Å². The summed E-state index contributed by atoms with van der Waals surface area (Å²) in [6.45, 7) is 2.29. The summed E-state index contributed by atoms with van der Waals surface area (Å²) in [7, 11) is 0. The second-order valence-corrected chi connectivity index (χ2v) is 3.56. The zero-order valence-corrected chi connectivity index (χ0v) is 8.91. The molecule has 0 spiro atoms. The quantitative estimate of drug-likeness (QED) is 0.774. The van der Waals surface area contributed by atoms with Gasteiger partial charge in [-0.05, 0) is 12.1 Å². The molecule has 0 aliphatic carbocycles. The van der Waals surface area contributed by atoms with Crippen molar-refractivity contribution in [2.75, 3.05) is 0 Å². The van der Waals surface area contributed by atoms with E-state index in [9.17, 15) is 0 Å². The number of rotatable bonds is 3. The maximum absolute atomic E-state index is 8.68. The molecule has 5 nitrogen and oxygen atoms in total. The van der Waals surface area contributed by atoms with Crippen molar-refractivity contribution in [1.29, 1.82) is 5.26 Å². The van der Waals surface area contributed by atoms with Crippen LogP contribution in [0, 0.1) is 17.2 Å². The molecule has 0 aliphatic heterocycles. The van der Waals surface area contributed by atoms with Crippen molar-refractivity contribution in [3.8, 4) is 17.5 Å². The van der Waals surface area contributed by atoms with Crippen LogP contribution in [0.2, 0.25) is 0 Å². The summed E-state index contributed by atoms with van der Waals surface area (Å²) in [5, 5.41) is 20.7. The first kappa shape index (κ1) is 10.3. The summed E-state index contributed by atoms with van der Waals surface area (Å²) in [5.41, 5.74) is 0.929. The molecule has 0 unspecified atom stereocenters. The third kappa shape index (κ3) is 2.23. The van der Waals surface area contributed by atoms with Gasteiger partial charge in [0, 0.05) is 5.56 Å². The van der Waals surface area contributed by atoms with Gasteiger partial charge in [-0.2, -0.15) is 10.1 Å². The summed E-state index contributed by atoms with van der Waals surface area (Å²) < 4.78 is 0. The Morgan fingerprint density at radius 1 is 1.38 bits per heavy atom. The van der Waals surface area contributed by atoms with Crippen molar-refractivity contribution in [3.63, 3.8) is 0 Å². The molecule has 2 aromatic rings. The molecule has 0 bridgehead atoms. The van der Waals surface area contributed by atoms with E-state index < -0.39 is 0 Å². The monoisotopic (exact) mass is 213 g/mol. The average Bonchev–Trinajstić information content (AvgIpc) is 2.78. The van der Waals surface area contributed by atoms with Gasteiger partial charge < -0.3 is 0 Å². The minimum absolute atomic E-state index is 0.113. The van der Waals surface area contributed by atoms with Gasteiger partial charge in [0.2, 0.25) is 5.82 Å². The van der Waals surface area contributed by atoms with Crippen LogP contribution in [0.4, 0.5) is 0 Å². The lowest BCUT2D eigenvalue weighted by atomic mass is 10.2. The SMILES string of the molecule is C[C@@H](C#N)Cn1nnc(-c2ccccc2)n1. The molecule has 1 aromatic carbocycles. The molecule has 2 rings (SSSR count). The fourth-order valence-electron chi connectivity index (χ4n) is 1.31. The maximum Gasteiger partial charge on any atom is 0.204 e. The molecular weight excluding hydrogens is 202 g/mol. The van der Waals surface area contributed by atoms with Crippen molar-refractivity contribution >= 4 is 0 Å². The lowest BCUT2D eigenvalue weighted by Crippen LogP contribution is -2.09. The highest BCUT2D eigenvalue weighted by Gasteiger charge is 2.07. The first-order valence-electron chi connectivity index (χ1n) is 5.02. The molecule has 0 radical (unpaired) electrons. The van der Waals surface area contributed by atoms with Crippen LogP contribution in [0.3, 0.4) is 0 Å². The molecule has 0 aliphatic rings. The van der Waals surface area contributed by atoms with Crippen molar-refractivity contribution in [1.82, 2.24) is 20.2 Å². The van der Waals surface area contributed by atoms with E-state index >= 15 is 0 Å². The predicted molar refractivity (Wildman–Crippen MR) is 58.0 cm³/mol. The number of aromatic nitrogens is 4. The Hall–Kier alpha value is -2.22. The number of nitrogens with zero attached hydrogens (tertiary/aromatic N) is 5. The highest BCUT2D eigenvalue weighted by atomic mass is 15.6. The van der Waals surface area contributed by atoms with Crippen LogP contribution in [0.1, 0.15) is 6.92 Å². The topological polar surface area (TPSA) is 67.4 Å². The number of benzene rings is 1. The Morgan fingerprint density at radius 2 is 2.12 bits per heavy atom. The van der Waals surface area contributed by atoms with Gasteiger partial charge in [-0.1, -0.05) is 30.3 Å². The minimum Gasteiger partial charge on any atom is -0.198 e. The van der Waals surface area contributed by atoms with Gasteiger partial charge in [0.05, 0.1) is 18.5 Å². The number of nitriles is 1. The Balaban J connectivity index is 2.18. The summed E-state index contributed by atoms with van der Waals surface area (Å²) in [6, 6.07) is 11.8. The van der Waals surface area contributed by atoms with Gasteiger partial charge in [0.15, 0.2) is 0 Å². The van der Waals surface area contributed by atoms with E-state index in [4.69, 9.17) is 5.26 Å². The highest BCUT2D eigenvalue weighted by Crippen LogP contribution is 2.11. The first-order chi connectivity index (χ1) is 7.79. The second kappa shape index (κ2) is 4.53. The molecule has 1 aromatic heterocycles. The maximum atomic E-state index is 8.68. The number of hydrogen-bond acceptors (Lipinski definition) is 4. The molecule has 0 N–H and O–H groups in total. The Morgan fingerprint density at radius 3 is 2.81 bits per heavy atom. The molecule has 0 saturated heterocycles. The normalized spacial score (nSPS) is 12.0. The predicted octanol–water partition coefficient (Wildman–Crippen LogP) is 1.50. The Kier molecular flexibility index (Phi) is 2.92. The van der Waals surface area contributed by atoms with Gasteiger partial charge in [-0.25, -0.2) is 0 Å². The minimum atomic E-state index is -0.113. The van der Waals surface area contributed by atoms with Gasteiger partial charge in [0.25, 0.3) is 0 Å². The van der Waals surface area contributed by atoms with Gasteiger partial charge in [-0.3, -0.25) is 0 Å². The molecule has 16 heavy (non-hydrogen) atoms. The van der Waals surface area contributed by atoms with Crippen LogP contribution < -0.4 is 0 Å². The van der Waals surface area contributed by atoms with Crippen LogP contribution in [-0.4, -0.2) is 20.2 Å². The summed E-state index contributed by atoms with van der Waals surface area (Å²) in [4.78, 5) is 1.45. The third-order valence-electron chi connectivity index (χ3n) is 2.14. The van der Waals surface area contributed by atoms with Crippen molar-refractivity contribution in [2.24, 2.45) is 5.92 Å². The van der Waals surface area contributed by atoms with E-state index in [1.54, 1.807) is 0 Å². The van der Waals surface area contributed by atoms with E-state index in [1.165, 1.54) is 4.80 Å². The standard InChI is InChI=1S/C11H11N5/c1-9(7-12)8-16-14-11(13-15-16)10-5-3-2-4-6-10/h2-6,9H,8H2,1H3/t9-/m0/s1. The lowest BCUT2D eigenvalue weighted by Gasteiger charge is -1.98. The van der Waals surface area contributed by atoms with Crippen molar-refractivity contribution in [2.45, 2.75) is 13.5 Å². The molecule has 5 heteroatoms. The fourth-order valence-corrected chi connectivity index (χ4v) is 1.31. The third-order valence-corrected chi connectivity index (χ3v) is 2.14. The largest absolute Gasteiger partial charge is 0.204 e. The van der Waals surface area contributed by atoms with Crippen LogP contribution >= 0.6 is 0 Å². The number of tetrazole rings is 1. The second-order valence-electron chi connectivity index (χ2n) is 3.56. The highest BCUT2D eigenvalue weighted by molar-refractivity contribution is 5.52. The van der Waals surface area contributed by atoms with Gasteiger partial charge >= 0.3 is 0 Å². The van der Waals surface area contributed by atoms with Crippen molar-refractivity contribution in [3.05, 3.63) is 30.3 Å². The average molecular weight is 213 g/mol. The molecule has 1 atom stereocenters. The molecule has 0 saturated carbocycles. The zero-order valence-electron chi connectivity index (χ0n) is 8.91. The molecule has 80 valence electrons. The van der Waals surface area contributed by atoms with Crippen LogP contribution in [0.15, 0.2) is 30.3 Å². The Bertz CT molecular complexity index is 497. The molecule has 1 heterocycles. The molecule has 0 amide bonds. The van der Waals surface area contributed by atoms with Crippen molar-refractivity contribution < 1.29 is 0 Å². The van der Waals surface area contributed by atoms with E-state index in [2.05, 4.69) is 21.5 Å². The molecular formula is C11H11N5.